The summed E-state index contributed by atoms with van der Waals surface area (Å²) in [6, 6.07) is 21.3. The van der Waals surface area contributed by atoms with Crippen molar-refractivity contribution in [3.8, 4) is 11.1 Å². The van der Waals surface area contributed by atoms with Gasteiger partial charge in [0.2, 0.25) is 5.95 Å². The van der Waals surface area contributed by atoms with Gasteiger partial charge in [-0.3, -0.25) is 9.69 Å². The lowest BCUT2D eigenvalue weighted by Gasteiger charge is -2.55. The molecule has 0 amide bonds. The zero-order valence-electron chi connectivity index (χ0n) is 18.0. The van der Waals surface area contributed by atoms with E-state index in [4.69, 9.17) is 11.6 Å². The maximum absolute atomic E-state index is 12.7. The van der Waals surface area contributed by atoms with Gasteiger partial charge in [-0.05, 0) is 37.0 Å². The summed E-state index contributed by atoms with van der Waals surface area (Å²) in [6.07, 6.45) is 5.17. The van der Waals surface area contributed by atoms with E-state index in [1.54, 1.807) is 18.3 Å². The number of halogens is 1. The Bertz CT molecular complexity index is 1360. The van der Waals surface area contributed by atoms with Crippen LogP contribution in [0.4, 0.5) is 5.95 Å². The molecule has 1 aliphatic carbocycles. The van der Waals surface area contributed by atoms with Gasteiger partial charge in [-0.15, -0.1) is 0 Å². The number of hydrogen-bond donors (Lipinski definition) is 2. The first-order valence-electron chi connectivity index (χ1n) is 11.4. The van der Waals surface area contributed by atoms with Gasteiger partial charge in [-0.1, -0.05) is 60.1 Å². The molecule has 7 heteroatoms. The summed E-state index contributed by atoms with van der Waals surface area (Å²) in [4.78, 5) is 27.3. The Balaban J connectivity index is 1.17. The molecule has 2 bridgehead atoms. The quantitative estimate of drug-likeness (QED) is 0.448. The van der Waals surface area contributed by atoms with Crippen molar-refractivity contribution in [1.29, 1.82) is 0 Å². The average molecular weight is 458 g/mol. The molecule has 2 aromatic heterocycles. The van der Waals surface area contributed by atoms with E-state index in [1.165, 1.54) is 12.0 Å². The zero-order chi connectivity index (χ0) is 22.4. The normalized spacial score (nSPS) is 22.2. The molecule has 3 aliphatic rings. The maximum Gasteiger partial charge on any atom is 0.257 e. The predicted molar refractivity (Wildman–Crippen MR) is 131 cm³/mol. The molecule has 0 radical (unpaired) electrons. The van der Waals surface area contributed by atoms with Gasteiger partial charge in [0.1, 0.15) is 5.65 Å². The smallest absolute Gasteiger partial charge is 0.257 e. The second kappa shape index (κ2) is 8.28. The number of fused-ring (bicyclic) bond motifs is 3. The zero-order valence-corrected chi connectivity index (χ0v) is 18.8. The summed E-state index contributed by atoms with van der Waals surface area (Å²) in [7, 11) is 0. The number of anilines is 1. The fourth-order valence-corrected chi connectivity index (χ4v) is 5.49. The molecule has 2 unspecified atom stereocenters. The highest BCUT2D eigenvalue weighted by molar-refractivity contribution is 6.33. The van der Waals surface area contributed by atoms with Gasteiger partial charge in [-0.25, -0.2) is 4.98 Å². The van der Waals surface area contributed by atoms with Gasteiger partial charge in [0.05, 0.1) is 0 Å². The van der Waals surface area contributed by atoms with Crippen LogP contribution in [0.3, 0.4) is 0 Å². The Hall–Kier alpha value is -3.22. The lowest BCUT2D eigenvalue weighted by atomic mass is 9.76. The van der Waals surface area contributed by atoms with E-state index in [2.05, 4.69) is 55.5 Å². The Morgan fingerprint density at radius 2 is 1.76 bits per heavy atom. The minimum atomic E-state index is -0.212. The van der Waals surface area contributed by atoms with E-state index in [0.717, 1.165) is 24.8 Å². The minimum Gasteiger partial charge on any atom is -0.351 e. The third-order valence-electron chi connectivity index (χ3n) is 6.89. The number of pyridine rings is 1. The SMILES string of the molecule is O=c1[nH]c2nc(NC3CC4CC(C3)N4Cc3ccccc3)ncc2cc1-c1ccccc1Cl. The summed E-state index contributed by atoms with van der Waals surface area (Å²) in [5.41, 5.74) is 2.90. The Morgan fingerprint density at radius 1 is 1.00 bits per heavy atom. The number of nitrogens with one attached hydrogen (secondary N) is 2. The fourth-order valence-electron chi connectivity index (χ4n) is 5.26. The Kier molecular flexibility index (Phi) is 5.12. The molecule has 2 N–H and O–H groups in total. The van der Waals surface area contributed by atoms with E-state index < -0.39 is 0 Å². The fraction of sp³-hybridized carbons (Fsp3) is 0.269. The van der Waals surface area contributed by atoms with Gasteiger partial charge in [0, 0.05) is 52.4 Å². The van der Waals surface area contributed by atoms with Crippen LogP contribution in [0.1, 0.15) is 24.8 Å². The second-order valence-corrected chi connectivity index (χ2v) is 9.41. The number of hydrogen-bond acceptors (Lipinski definition) is 5. The molecular formula is C26H24ClN5O. The van der Waals surface area contributed by atoms with Gasteiger partial charge < -0.3 is 10.3 Å². The average Bonchev–Trinajstić information content (AvgIpc) is 2.83. The first-order valence-corrected chi connectivity index (χ1v) is 11.7. The van der Waals surface area contributed by atoms with Crippen LogP contribution in [-0.2, 0) is 6.54 Å². The molecule has 2 saturated heterocycles. The number of aromatic nitrogens is 3. The largest absolute Gasteiger partial charge is 0.351 e. The molecule has 166 valence electrons. The number of aromatic amines is 1. The van der Waals surface area contributed by atoms with Crippen molar-refractivity contribution in [3.05, 3.63) is 87.8 Å². The summed E-state index contributed by atoms with van der Waals surface area (Å²) in [6.45, 7) is 1.02. The summed E-state index contributed by atoms with van der Waals surface area (Å²) in [5, 5.41) is 4.82. The predicted octanol–water partition coefficient (Wildman–Crippen LogP) is 4.86. The monoisotopic (exact) mass is 457 g/mol. The van der Waals surface area contributed by atoms with Crippen molar-refractivity contribution < 1.29 is 0 Å². The highest BCUT2D eigenvalue weighted by Crippen LogP contribution is 2.40. The molecule has 6 nitrogen and oxygen atoms in total. The Morgan fingerprint density at radius 3 is 2.55 bits per heavy atom. The third kappa shape index (κ3) is 3.90. The highest BCUT2D eigenvalue weighted by Gasteiger charge is 2.45. The van der Waals surface area contributed by atoms with E-state index in [9.17, 15) is 4.79 Å². The molecular weight excluding hydrogens is 434 g/mol. The van der Waals surface area contributed by atoms with Crippen LogP contribution >= 0.6 is 11.6 Å². The van der Waals surface area contributed by atoms with E-state index in [0.29, 0.717) is 45.9 Å². The molecule has 0 spiro atoms. The van der Waals surface area contributed by atoms with Crippen LogP contribution in [0.2, 0.25) is 5.02 Å². The first kappa shape index (κ1) is 20.4. The standard InChI is InChI=1S/C26H24ClN5O/c27-23-9-5-4-8-21(23)22-10-17-14-28-26(31-24(17)30-25(22)33)29-18-11-19-13-20(12-18)32(19)15-16-6-2-1-3-7-16/h1-10,14,18-20H,11-13,15H2,(H2,28,29,30,31,33). The van der Waals surface area contributed by atoms with Crippen LogP contribution < -0.4 is 10.9 Å². The molecule has 4 aromatic rings. The molecule has 4 heterocycles. The molecule has 2 aromatic carbocycles. The van der Waals surface area contributed by atoms with Crippen molar-refractivity contribution in [2.45, 2.75) is 43.9 Å². The topological polar surface area (TPSA) is 73.9 Å². The van der Waals surface area contributed by atoms with Crippen LogP contribution in [-0.4, -0.2) is 38.0 Å². The van der Waals surface area contributed by atoms with Crippen molar-refractivity contribution in [1.82, 2.24) is 19.9 Å². The lowest BCUT2D eigenvalue weighted by Crippen LogP contribution is -2.62. The van der Waals surface area contributed by atoms with Crippen molar-refractivity contribution in [3.63, 3.8) is 0 Å². The van der Waals surface area contributed by atoms with Crippen molar-refractivity contribution >= 4 is 28.6 Å². The first-order chi connectivity index (χ1) is 16.1. The third-order valence-corrected chi connectivity index (χ3v) is 7.22. The van der Waals surface area contributed by atoms with Crippen LogP contribution in [0.5, 0.6) is 0 Å². The minimum absolute atomic E-state index is 0.212. The maximum atomic E-state index is 12.7. The van der Waals surface area contributed by atoms with Crippen LogP contribution in [0, 0.1) is 0 Å². The molecule has 1 saturated carbocycles. The summed E-state index contributed by atoms with van der Waals surface area (Å²) < 4.78 is 0. The second-order valence-electron chi connectivity index (χ2n) is 9.00. The molecule has 7 rings (SSSR count). The van der Waals surface area contributed by atoms with Crippen molar-refractivity contribution in [2.75, 3.05) is 5.32 Å². The highest BCUT2D eigenvalue weighted by atomic mass is 35.5. The van der Waals surface area contributed by atoms with E-state index in [1.807, 2.05) is 18.2 Å². The van der Waals surface area contributed by atoms with Crippen molar-refractivity contribution in [2.24, 2.45) is 0 Å². The number of piperidine rings is 1. The van der Waals surface area contributed by atoms with Gasteiger partial charge in [0.25, 0.3) is 5.56 Å². The van der Waals surface area contributed by atoms with E-state index in [-0.39, 0.29) is 5.56 Å². The number of nitrogens with zero attached hydrogens (tertiary/aromatic N) is 3. The van der Waals surface area contributed by atoms with Crippen LogP contribution in [0.25, 0.3) is 22.2 Å². The summed E-state index contributed by atoms with van der Waals surface area (Å²) in [5.74, 6) is 0.560. The molecule has 2 aliphatic heterocycles. The Labute approximate surface area is 196 Å². The molecule has 33 heavy (non-hydrogen) atoms. The number of benzene rings is 2. The number of rotatable bonds is 5. The van der Waals surface area contributed by atoms with Gasteiger partial charge >= 0.3 is 0 Å². The van der Waals surface area contributed by atoms with E-state index >= 15 is 0 Å². The summed E-state index contributed by atoms with van der Waals surface area (Å²) >= 11 is 6.29. The molecule has 3 fully saturated rings. The molecule has 2 atom stereocenters. The van der Waals surface area contributed by atoms with Gasteiger partial charge in [-0.2, -0.15) is 4.98 Å². The number of H-pyrrole nitrogens is 1. The van der Waals surface area contributed by atoms with Gasteiger partial charge in [0.15, 0.2) is 0 Å². The van der Waals surface area contributed by atoms with Crippen LogP contribution in [0.15, 0.2) is 71.7 Å². The lowest BCUT2D eigenvalue weighted by molar-refractivity contribution is -0.0392.